The van der Waals surface area contributed by atoms with E-state index >= 15 is 0 Å². The van der Waals surface area contributed by atoms with Gasteiger partial charge in [-0.25, -0.2) is 0 Å². The van der Waals surface area contributed by atoms with Crippen molar-refractivity contribution in [3.63, 3.8) is 0 Å². The van der Waals surface area contributed by atoms with E-state index in [-0.39, 0.29) is 23.0 Å². The zero-order chi connectivity index (χ0) is 22.3. The lowest BCUT2D eigenvalue weighted by atomic mass is 9.83. The normalized spacial score (nSPS) is 25.1. The zero-order valence-electron chi connectivity index (χ0n) is 18.0. The van der Waals surface area contributed by atoms with E-state index in [1.165, 1.54) is 6.08 Å². The number of fused-ring (bicyclic) bond motifs is 2. The summed E-state index contributed by atoms with van der Waals surface area (Å²) in [5, 5.41) is 0. The molecular weight excluding hydrogens is 396 g/mol. The van der Waals surface area contributed by atoms with E-state index < -0.39 is 31.0 Å². The zero-order valence-corrected chi connectivity index (χ0v) is 18.0. The predicted molar refractivity (Wildman–Crippen MR) is 114 cm³/mol. The maximum Gasteiger partial charge on any atom is 0.326 e. The highest BCUT2D eigenvalue weighted by molar-refractivity contribution is 6.07. The number of carbonyl (C=O) groups is 4. The Morgan fingerprint density at radius 3 is 2.32 bits per heavy atom. The molecule has 0 aromatic heterocycles. The van der Waals surface area contributed by atoms with E-state index in [4.69, 9.17) is 4.74 Å². The molecule has 1 aromatic rings. The largest absolute Gasteiger partial charge is 0.456 e. The molecule has 1 fully saturated rings. The minimum Gasteiger partial charge on any atom is -0.456 e. The lowest BCUT2D eigenvalue weighted by molar-refractivity contribution is -0.154. The fourth-order valence-electron chi connectivity index (χ4n) is 4.80. The molecule has 4 rings (SSSR count). The molecule has 162 valence electrons. The quantitative estimate of drug-likeness (QED) is 0.314. The van der Waals surface area contributed by atoms with Crippen molar-refractivity contribution < 1.29 is 23.9 Å². The number of esters is 1. The van der Waals surface area contributed by atoms with E-state index in [0.29, 0.717) is 12.8 Å². The second-order valence-electron chi connectivity index (χ2n) is 8.78. The summed E-state index contributed by atoms with van der Waals surface area (Å²) in [6.45, 7) is 3.19. The average Bonchev–Trinajstić information content (AvgIpc) is 3.11. The van der Waals surface area contributed by atoms with Gasteiger partial charge in [-0.15, -0.1) is 0 Å². The molecule has 3 aliphatic rings. The summed E-state index contributed by atoms with van der Waals surface area (Å²) in [5.74, 6) is -2.57. The van der Waals surface area contributed by atoms with E-state index in [9.17, 15) is 19.2 Å². The molecule has 1 aromatic carbocycles. The first-order chi connectivity index (χ1) is 14.7. The highest BCUT2D eigenvalue weighted by Crippen LogP contribution is 2.46. The Labute approximate surface area is 181 Å². The first kappa shape index (κ1) is 21.0. The van der Waals surface area contributed by atoms with Gasteiger partial charge in [0.05, 0.1) is 11.8 Å². The van der Waals surface area contributed by atoms with Gasteiger partial charge in [0.15, 0.2) is 12.4 Å². The van der Waals surface area contributed by atoms with Crippen molar-refractivity contribution in [2.45, 2.75) is 32.1 Å². The lowest BCUT2D eigenvalue weighted by Crippen LogP contribution is -2.37. The van der Waals surface area contributed by atoms with Crippen LogP contribution in [-0.4, -0.2) is 48.7 Å². The number of amides is 2. The van der Waals surface area contributed by atoms with Crippen LogP contribution in [0.4, 0.5) is 5.69 Å². The third kappa shape index (κ3) is 3.58. The van der Waals surface area contributed by atoms with Crippen molar-refractivity contribution in [1.82, 2.24) is 4.90 Å². The van der Waals surface area contributed by atoms with Crippen LogP contribution in [0, 0.1) is 11.8 Å². The number of benzene rings is 1. The average molecular weight is 422 g/mol. The van der Waals surface area contributed by atoms with Gasteiger partial charge in [0.1, 0.15) is 6.54 Å². The van der Waals surface area contributed by atoms with Gasteiger partial charge in [0.2, 0.25) is 11.8 Å². The summed E-state index contributed by atoms with van der Waals surface area (Å²) in [5.41, 5.74) is 2.61. The number of imide groups is 1. The predicted octanol–water partition coefficient (Wildman–Crippen LogP) is 2.36. The molecule has 31 heavy (non-hydrogen) atoms. The fourth-order valence-corrected chi connectivity index (χ4v) is 4.80. The van der Waals surface area contributed by atoms with Crippen molar-refractivity contribution in [3.8, 4) is 0 Å². The number of anilines is 1. The number of nitrogens with zero attached hydrogens (tertiary/aromatic N) is 2. The standard InChI is InChI=1S/C24H26N2O5/c1-24(2)18-10-6-7-11-19(18)25(3)20(24)12-15(27)14-31-21(28)13-26-22(29)16-8-4-5-9-17(16)23(26)30/h4-7,10-12,16-17H,8-9,13-14H2,1-3H3/t16-,17-/m1/s1. The van der Waals surface area contributed by atoms with Crippen LogP contribution < -0.4 is 4.90 Å². The van der Waals surface area contributed by atoms with Crippen molar-refractivity contribution in [1.29, 1.82) is 0 Å². The summed E-state index contributed by atoms with van der Waals surface area (Å²) in [7, 11) is 1.90. The number of rotatable bonds is 5. The number of hydrogen-bond donors (Lipinski definition) is 0. The molecule has 2 atom stereocenters. The maximum atomic E-state index is 12.5. The van der Waals surface area contributed by atoms with Gasteiger partial charge < -0.3 is 9.64 Å². The number of carbonyl (C=O) groups excluding carboxylic acids is 4. The van der Waals surface area contributed by atoms with Gasteiger partial charge in [-0.1, -0.05) is 44.2 Å². The molecule has 1 saturated heterocycles. The number of para-hydroxylation sites is 1. The molecule has 0 N–H and O–H groups in total. The molecular formula is C24H26N2O5. The van der Waals surface area contributed by atoms with Crippen LogP contribution in [0.2, 0.25) is 0 Å². The number of allylic oxidation sites excluding steroid dienone is 3. The number of ether oxygens (including phenoxy) is 1. The van der Waals surface area contributed by atoms with Gasteiger partial charge >= 0.3 is 5.97 Å². The van der Waals surface area contributed by atoms with Crippen molar-refractivity contribution >= 4 is 29.3 Å². The monoisotopic (exact) mass is 422 g/mol. The van der Waals surface area contributed by atoms with Gasteiger partial charge in [0.25, 0.3) is 0 Å². The third-order valence-electron chi connectivity index (χ3n) is 6.50. The molecule has 1 aliphatic carbocycles. The van der Waals surface area contributed by atoms with Crippen LogP contribution in [0.3, 0.4) is 0 Å². The van der Waals surface area contributed by atoms with E-state index in [1.807, 2.05) is 62.2 Å². The highest BCUT2D eigenvalue weighted by Gasteiger charge is 2.47. The highest BCUT2D eigenvalue weighted by atomic mass is 16.5. The van der Waals surface area contributed by atoms with Gasteiger partial charge in [-0.2, -0.15) is 0 Å². The molecule has 0 spiro atoms. The second kappa shape index (κ2) is 7.80. The minimum absolute atomic E-state index is 0.336. The molecule has 0 saturated carbocycles. The fraction of sp³-hybridized carbons (Fsp3) is 0.417. The molecule has 7 heteroatoms. The van der Waals surface area contributed by atoms with Crippen LogP contribution in [0.25, 0.3) is 0 Å². The smallest absolute Gasteiger partial charge is 0.326 e. The Hall–Kier alpha value is -3.22. The van der Waals surface area contributed by atoms with Gasteiger partial charge in [-0.3, -0.25) is 24.1 Å². The summed E-state index contributed by atoms with van der Waals surface area (Å²) in [6, 6.07) is 7.95. The maximum absolute atomic E-state index is 12.5. The molecule has 0 bridgehead atoms. The Balaban J connectivity index is 1.37. The number of ketones is 1. The molecule has 2 aliphatic heterocycles. The van der Waals surface area contributed by atoms with Crippen molar-refractivity contribution in [2.24, 2.45) is 11.8 Å². The van der Waals surface area contributed by atoms with Gasteiger partial charge in [-0.05, 0) is 24.5 Å². The van der Waals surface area contributed by atoms with Crippen LogP contribution >= 0.6 is 0 Å². The summed E-state index contributed by atoms with van der Waals surface area (Å²) in [4.78, 5) is 52.6. The Morgan fingerprint density at radius 2 is 1.71 bits per heavy atom. The summed E-state index contributed by atoms with van der Waals surface area (Å²) >= 11 is 0. The van der Waals surface area contributed by atoms with E-state index in [1.54, 1.807) is 0 Å². The lowest BCUT2D eigenvalue weighted by Gasteiger charge is -2.23. The molecule has 2 amide bonds. The Bertz CT molecular complexity index is 997. The first-order valence-electron chi connectivity index (χ1n) is 10.5. The Kier molecular flexibility index (Phi) is 5.29. The SMILES string of the molecule is CN1C(=CC(=O)COC(=O)CN2C(=O)[C@@H]3CC=CC[C@H]3C2=O)C(C)(C)c2ccccc21. The molecule has 0 unspecified atom stereocenters. The topological polar surface area (TPSA) is 84.0 Å². The number of likely N-dealkylation sites (tertiary alicyclic amines) is 1. The minimum atomic E-state index is -0.762. The first-order valence-corrected chi connectivity index (χ1v) is 10.5. The summed E-state index contributed by atoms with van der Waals surface area (Å²) < 4.78 is 5.09. The van der Waals surface area contributed by atoms with Crippen molar-refractivity contribution in [3.05, 3.63) is 53.8 Å². The summed E-state index contributed by atoms with van der Waals surface area (Å²) in [6.07, 6.45) is 6.30. The van der Waals surface area contributed by atoms with Gasteiger partial charge in [0, 0.05) is 29.9 Å². The molecule has 7 nitrogen and oxygen atoms in total. The molecule has 0 radical (unpaired) electrons. The van der Waals surface area contributed by atoms with Crippen LogP contribution in [0.1, 0.15) is 32.3 Å². The number of likely N-dealkylation sites (N-methyl/N-ethyl adjacent to an activating group) is 1. The Morgan fingerprint density at radius 1 is 1.10 bits per heavy atom. The second-order valence-corrected chi connectivity index (χ2v) is 8.78. The van der Waals surface area contributed by atoms with E-state index in [0.717, 1.165) is 21.8 Å². The van der Waals surface area contributed by atoms with Crippen molar-refractivity contribution in [2.75, 3.05) is 25.1 Å². The molecule has 2 heterocycles. The van der Waals surface area contributed by atoms with E-state index in [2.05, 4.69) is 0 Å². The third-order valence-corrected chi connectivity index (χ3v) is 6.50. The van der Waals surface area contributed by atoms with Crippen LogP contribution in [0.15, 0.2) is 48.2 Å². The van der Waals surface area contributed by atoms with Crippen LogP contribution in [0.5, 0.6) is 0 Å². The number of hydrogen-bond acceptors (Lipinski definition) is 6. The van der Waals surface area contributed by atoms with Crippen LogP contribution in [-0.2, 0) is 29.3 Å².